The molecule has 8 nitrogen and oxygen atoms in total. The number of hydrazone groups is 1. The quantitative estimate of drug-likeness (QED) is 0.470. The van der Waals surface area contributed by atoms with Crippen LogP contribution in [0.15, 0.2) is 40.1 Å². The Bertz CT molecular complexity index is 812. The summed E-state index contributed by atoms with van der Waals surface area (Å²) in [5.41, 5.74) is 0.686. The van der Waals surface area contributed by atoms with Gasteiger partial charge in [0.05, 0.1) is 4.92 Å². The zero-order valence-electron chi connectivity index (χ0n) is 11.2. The van der Waals surface area contributed by atoms with Crippen molar-refractivity contribution in [1.29, 1.82) is 0 Å². The Morgan fingerprint density at radius 1 is 1.36 bits per heavy atom. The van der Waals surface area contributed by atoms with Crippen LogP contribution < -0.4 is 0 Å². The number of hydrogen-bond acceptors (Lipinski definition) is 7. The van der Waals surface area contributed by atoms with Crippen LogP contribution in [-0.4, -0.2) is 31.8 Å². The highest BCUT2D eigenvalue weighted by Crippen LogP contribution is 2.28. The molecule has 1 aromatic rings. The van der Waals surface area contributed by atoms with Crippen LogP contribution in [0.3, 0.4) is 0 Å². The topological polar surface area (TPSA) is 105 Å². The van der Waals surface area contributed by atoms with Gasteiger partial charge in [-0.25, -0.2) is 4.99 Å². The summed E-state index contributed by atoms with van der Waals surface area (Å²) in [4.78, 5) is 38.0. The van der Waals surface area contributed by atoms with Crippen LogP contribution >= 0.6 is 11.8 Å². The van der Waals surface area contributed by atoms with Crippen LogP contribution in [0.25, 0.3) is 6.08 Å². The second-order valence-electron chi connectivity index (χ2n) is 4.47. The number of aliphatic imine (C=N–C) groups is 1. The molecular weight excluding hydrogens is 308 g/mol. The molecule has 9 heteroatoms. The van der Waals surface area contributed by atoms with Crippen LogP contribution in [0.4, 0.5) is 5.69 Å². The fraction of sp³-hybridized carbons (Fsp3) is 0.0769. The zero-order chi connectivity index (χ0) is 15.9. The lowest BCUT2D eigenvalue weighted by atomic mass is 10.1. The van der Waals surface area contributed by atoms with Gasteiger partial charge in [0, 0.05) is 12.1 Å². The van der Waals surface area contributed by atoms with E-state index < -0.39 is 10.8 Å². The van der Waals surface area contributed by atoms with Crippen molar-refractivity contribution in [2.24, 2.45) is 10.1 Å². The third-order valence-electron chi connectivity index (χ3n) is 2.92. The molecule has 0 saturated carbocycles. The van der Waals surface area contributed by atoms with Gasteiger partial charge in [-0.2, -0.15) is 10.1 Å². The number of thioether (sulfide) groups is 1. The first-order valence-electron chi connectivity index (χ1n) is 6.12. The highest BCUT2D eigenvalue weighted by molar-refractivity contribution is 8.27. The van der Waals surface area contributed by atoms with E-state index in [0.29, 0.717) is 5.56 Å². The van der Waals surface area contributed by atoms with E-state index in [1.807, 2.05) is 0 Å². The molecule has 1 amide bonds. The van der Waals surface area contributed by atoms with Gasteiger partial charge >= 0.3 is 0 Å². The number of nitro benzene ring substituents is 1. The molecule has 0 bridgehead atoms. The molecule has 2 aliphatic rings. The minimum Gasteiger partial charge on any atom is -0.280 e. The Kier molecular flexibility index (Phi) is 3.33. The molecule has 0 aromatic heterocycles. The first-order chi connectivity index (χ1) is 10.5. The third kappa shape index (κ3) is 2.42. The lowest BCUT2D eigenvalue weighted by Crippen LogP contribution is -2.32. The molecule has 0 spiro atoms. The van der Waals surface area contributed by atoms with E-state index in [-0.39, 0.29) is 27.4 Å². The molecule has 22 heavy (non-hydrogen) atoms. The predicted molar refractivity (Wildman–Crippen MR) is 81.1 cm³/mol. The van der Waals surface area contributed by atoms with Gasteiger partial charge in [0.15, 0.2) is 0 Å². The van der Waals surface area contributed by atoms with Crippen molar-refractivity contribution in [2.45, 2.75) is 6.92 Å². The van der Waals surface area contributed by atoms with E-state index in [1.54, 1.807) is 6.07 Å². The number of hydrogen-bond donors (Lipinski definition) is 0. The molecule has 3 rings (SSSR count). The Labute approximate surface area is 128 Å². The summed E-state index contributed by atoms with van der Waals surface area (Å²) < 4.78 is 0. The standard InChI is InChI=1S/C13H8N4O4S/c1-7-12(19)22-13-14-10(11(18)16(13)15-7)6-8-3-2-4-9(5-8)17(20)21/h2-6H,1H3. The molecule has 110 valence electrons. The fourth-order valence-electron chi connectivity index (χ4n) is 1.88. The molecule has 0 aliphatic carbocycles. The third-order valence-corrected chi connectivity index (χ3v) is 3.85. The molecule has 0 N–H and O–H groups in total. The van der Waals surface area contributed by atoms with Gasteiger partial charge in [0.1, 0.15) is 11.4 Å². The van der Waals surface area contributed by atoms with Gasteiger partial charge in [-0.3, -0.25) is 19.7 Å². The number of fused-ring (bicyclic) bond motifs is 1. The first kappa shape index (κ1) is 14.1. The maximum atomic E-state index is 12.2. The van der Waals surface area contributed by atoms with Gasteiger partial charge in [0.2, 0.25) is 10.3 Å². The van der Waals surface area contributed by atoms with Gasteiger partial charge in [-0.1, -0.05) is 12.1 Å². The second kappa shape index (κ2) is 5.19. The van der Waals surface area contributed by atoms with Crippen molar-refractivity contribution in [3.05, 3.63) is 45.6 Å². The highest BCUT2D eigenvalue weighted by Gasteiger charge is 2.36. The smallest absolute Gasteiger partial charge is 0.280 e. The fourth-order valence-corrected chi connectivity index (χ4v) is 2.58. The van der Waals surface area contributed by atoms with Crippen molar-refractivity contribution in [3.8, 4) is 0 Å². The summed E-state index contributed by atoms with van der Waals surface area (Å²) in [7, 11) is 0. The number of amidine groups is 1. The number of rotatable bonds is 2. The number of amides is 1. The summed E-state index contributed by atoms with van der Waals surface area (Å²) >= 11 is 0.828. The summed E-state index contributed by atoms with van der Waals surface area (Å²) in [6.45, 7) is 1.52. The minimum absolute atomic E-state index is 0.0780. The molecule has 1 aromatic carbocycles. The monoisotopic (exact) mass is 316 g/mol. The average molecular weight is 316 g/mol. The summed E-state index contributed by atoms with van der Waals surface area (Å²) in [6.07, 6.45) is 1.43. The number of nitro groups is 1. The van der Waals surface area contributed by atoms with E-state index in [2.05, 4.69) is 10.1 Å². The van der Waals surface area contributed by atoms with Crippen molar-refractivity contribution in [3.63, 3.8) is 0 Å². The largest absolute Gasteiger partial charge is 0.299 e. The Balaban J connectivity index is 1.97. The van der Waals surface area contributed by atoms with Crippen molar-refractivity contribution in [2.75, 3.05) is 0 Å². The Morgan fingerprint density at radius 2 is 2.14 bits per heavy atom. The van der Waals surface area contributed by atoms with Gasteiger partial charge < -0.3 is 0 Å². The lowest BCUT2D eigenvalue weighted by molar-refractivity contribution is -0.384. The maximum Gasteiger partial charge on any atom is 0.299 e. The lowest BCUT2D eigenvalue weighted by Gasteiger charge is -2.15. The number of benzene rings is 1. The zero-order valence-corrected chi connectivity index (χ0v) is 12.0. The predicted octanol–water partition coefficient (Wildman–Crippen LogP) is 1.78. The van der Waals surface area contributed by atoms with Crippen LogP contribution in [0.2, 0.25) is 0 Å². The molecule has 0 radical (unpaired) electrons. The normalized spacial score (nSPS) is 19.1. The van der Waals surface area contributed by atoms with Crippen LogP contribution in [0.1, 0.15) is 12.5 Å². The molecule has 0 saturated heterocycles. The number of non-ortho nitro benzene ring substituents is 1. The van der Waals surface area contributed by atoms with Crippen molar-refractivity contribution in [1.82, 2.24) is 5.01 Å². The van der Waals surface area contributed by atoms with E-state index in [4.69, 9.17) is 0 Å². The average Bonchev–Trinajstić information content (AvgIpc) is 2.76. The molecule has 2 aliphatic heterocycles. The Morgan fingerprint density at radius 3 is 2.86 bits per heavy atom. The van der Waals surface area contributed by atoms with Gasteiger partial charge in [-0.05, 0) is 30.3 Å². The summed E-state index contributed by atoms with van der Waals surface area (Å²) in [5, 5.41) is 15.6. The van der Waals surface area contributed by atoms with Crippen LogP contribution in [0.5, 0.6) is 0 Å². The van der Waals surface area contributed by atoms with E-state index in [9.17, 15) is 19.7 Å². The maximum absolute atomic E-state index is 12.2. The minimum atomic E-state index is -0.518. The molecule has 0 fully saturated rings. The van der Waals surface area contributed by atoms with Gasteiger partial charge in [0.25, 0.3) is 11.6 Å². The summed E-state index contributed by atoms with van der Waals surface area (Å²) in [5.74, 6) is -0.471. The summed E-state index contributed by atoms with van der Waals surface area (Å²) in [6, 6.07) is 5.84. The SMILES string of the molecule is CC1=NN2C(=O)C(=Cc3cccc([N+](=O)[O-])c3)N=C2SC1=O. The molecule has 0 unspecified atom stereocenters. The number of carbonyl (C=O) groups is 2. The van der Waals surface area contributed by atoms with Crippen LogP contribution in [-0.2, 0) is 9.59 Å². The van der Waals surface area contributed by atoms with E-state index in [1.165, 1.54) is 31.2 Å². The Hall–Kier alpha value is -2.81. The second-order valence-corrected chi connectivity index (χ2v) is 5.41. The first-order valence-corrected chi connectivity index (χ1v) is 6.94. The van der Waals surface area contributed by atoms with Crippen LogP contribution in [0, 0.1) is 10.1 Å². The highest BCUT2D eigenvalue weighted by atomic mass is 32.2. The molecule has 0 atom stereocenters. The van der Waals surface area contributed by atoms with Crippen molar-refractivity contribution < 1.29 is 14.5 Å². The van der Waals surface area contributed by atoms with E-state index >= 15 is 0 Å². The number of carbonyl (C=O) groups excluding carboxylic acids is 2. The molecule has 2 heterocycles. The van der Waals surface area contributed by atoms with Crippen molar-refractivity contribution >= 4 is 45.4 Å². The molecular formula is C13H8N4O4S. The van der Waals surface area contributed by atoms with Gasteiger partial charge in [-0.15, -0.1) is 0 Å². The number of nitrogens with zero attached hydrogens (tertiary/aromatic N) is 4. The van der Waals surface area contributed by atoms with E-state index in [0.717, 1.165) is 16.8 Å².